The van der Waals surface area contributed by atoms with Gasteiger partial charge in [-0.2, -0.15) is 0 Å². The maximum absolute atomic E-state index is 11.7. The van der Waals surface area contributed by atoms with Crippen molar-refractivity contribution in [3.05, 3.63) is 0 Å². The Morgan fingerprint density at radius 2 is 2.31 bits per heavy atom. The molecule has 3 heteroatoms. The van der Waals surface area contributed by atoms with E-state index in [1.807, 2.05) is 4.90 Å². The van der Waals surface area contributed by atoms with E-state index in [4.69, 9.17) is 0 Å². The first-order valence-electron chi connectivity index (χ1n) is 5.26. The van der Waals surface area contributed by atoms with Crippen LogP contribution in [0.5, 0.6) is 0 Å². The fraction of sp³-hybridized carbons (Fsp3) is 0.900. The van der Waals surface area contributed by atoms with Gasteiger partial charge in [0.25, 0.3) is 0 Å². The van der Waals surface area contributed by atoms with Crippen LogP contribution in [0.3, 0.4) is 0 Å². The molecule has 1 heterocycles. The van der Waals surface area contributed by atoms with Crippen LogP contribution >= 0.6 is 0 Å². The van der Waals surface area contributed by atoms with Crippen LogP contribution in [0.2, 0.25) is 0 Å². The van der Waals surface area contributed by atoms with Crippen molar-refractivity contribution in [2.24, 2.45) is 0 Å². The molecule has 0 bridgehead atoms. The van der Waals surface area contributed by atoms with E-state index < -0.39 is 0 Å². The summed E-state index contributed by atoms with van der Waals surface area (Å²) < 4.78 is 0. The highest BCUT2D eigenvalue weighted by atomic mass is 16.2. The monoisotopic (exact) mass is 184 g/mol. The normalized spacial score (nSPS) is 22.3. The second-order valence-corrected chi connectivity index (χ2v) is 3.70. The molecular formula is C10H20N2O. The molecule has 1 atom stereocenters. The molecule has 1 aliphatic rings. The maximum atomic E-state index is 11.7. The minimum atomic E-state index is 0.307. The third kappa shape index (κ3) is 2.99. The molecular weight excluding hydrogens is 164 g/mol. The van der Waals surface area contributed by atoms with E-state index in [1.165, 1.54) is 0 Å². The Hall–Kier alpha value is -0.570. The summed E-state index contributed by atoms with van der Waals surface area (Å²) in [6.07, 6.45) is 2.79. The van der Waals surface area contributed by atoms with Gasteiger partial charge in [0.1, 0.15) is 0 Å². The number of rotatable bonds is 2. The van der Waals surface area contributed by atoms with Crippen LogP contribution in [0.1, 0.15) is 33.1 Å². The lowest BCUT2D eigenvalue weighted by Gasteiger charge is -2.30. The number of carbonyl (C=O) groups is 1. The van der Waals surface area contributed by atoms with Gasteiger partial charge in [-0.15, -0.1) is 0 Å². The number of nitrogens with zero attached hydrogens (tertiary/aromatic N) is 1. The van der Waals surface area contributed by atoms with Crippen LogP contribution < -0.4 is 5.32 Å². The van der Waals surface area contributed by atoms with E-state index in [0.29, 0.717) is 18.4 Å². The first kappa shape index (κ1) is 10.5. The first-order valence-corrected chi connectivity index (χ1v) is 5.26. The molecule has 0 aromatic rings. The summed E-state index contributed by atoms with van der Waals surface area (Å²) in [5.74, 6) is 0.307. The first-order chi connectivity index (χ1) is 6.25. The Morgan fingerprint density at radius 1 is 1.54 bits per heavy atom. The zero-order chi connectivity index (χ0) is 9.68. The molecule has 1 N–H and O–H groups in total. The molecule has 1 aliphatic heterocycles. The van der Waals surface area contributed by atoms with Crippen molar-refractivity contribution in [1.82, 2.24) is 10.2 Å². The van der Waals surface area contributed by atoms with Crippen LogP contribution in [0.4, 0.5) is 0 Å². The van der Waals surface area contributed by atoms with Gasteiger partial charge in [0.05, 0.1) is 0 Å². The zero-order valence-corrected chi connectivity index (χ0v) is 8.68. The number of amides is 1. The Bertz CT molecular complexity index is 170. The Kier molecular flexibility index (Phi) is 4.22. The van der Waals surface area contributed by atoms with Gasteiger partial charge >= 0.3 is 0 Å². The predicted molar refractivity (Wildman–Crippen MR) is 53.6 cm³/mol. The minimum absolute atomic E-state index is 0.307. The zero-order valence-electron chi connectivity index (χ0n) is 8.68. The summed E-state index contributed by atoms with van der Waals surface area (Å²) in [7, 11) is 0. The summed E-state index contributed by atoms with van der Waals surface area (Å²) in [4.78, 5) is 13.7. The summed E-state index contributed by atoms with van der Waals surface area (Å²) >= 11 is 0. The van der Waals surface area contributed by atoms with Gasteiger partial charge in [-0.25, -0.2) is 0 Å². The maximum Gasteiger partial charge on any atom is 0.224 e. The average molecular weight is 184 g/mol. The third-order valence-corrected chi connectivity index (χ3v) is 2.71. The third-order valence-electron chi connectivity index (χ3n) is 2.71. The summed E-state index contributed by atoms with van der Waals surface area (Å²) in [5.41, 5.74) is 0. The predicted octanol–water partition coefficient (Wildman–Crippen LogP) is 0.997. The quantitative estimate of drug-likeness (QED) is 0.694. The SMILES string of the molecule is CCC(C)N1CCCNCCC1=O. The molecule has 3 nitrogen and oxygen atoms in total. The lowest BCUT2D eigenvalue weighted by atomic mass is 10.1. The Labute approximate surface area is 80.5 Å². The number of hydrogen-bond acceptors (Lipinski definition) is 2. The minimum Gasteiger partial charge on any atom is -0.340 e. The van der Waals surface area contributed by atoms with Gasteiger partial charge in [-0.1, -0.05) is 6.92 Å². The van der Waals surface area contributed by atoms with Crippen molar-refractivity contribution in [3.8, 4) is 0 Å². The van der Waals surface area contributed by atoms with Gasteiger partial charge in [-0.3, -0.25) is 4.79 Å². The van der Waals surface area contributed by atoms with Crippen LogP contribution in [0.15, 0.2) is 0 Å². The van der Waals surface area contributed by atoms with Crippen molar-refractivity contribution in [3.63, 3.8) is 0 Å². The molecule has 0 radical (unpaired) electrons. The Morgan fingerprint density at radius 3 is 3.00 bits per heavy atom. The molecule has 1 amide bonds. The van der Waals surface area contributed by atoms with E-state index >= 15 is 0 Å². The molecule has 13 heavy (non-hydrogen) atoms. The van der Waals surface area contributed by atoms with Crippen molar-refractivity contribution < 1.29 is 4.79 Å². The van der Waals surface area contributed by atoms with Crippen molar-refractivity contribution in [1.29, 1.82) is 0 Å². The van der Waals surface area contributed by atoms with E-state index in [-0.39, 0.29) is 0 Å². The molecule has 0 aliphatic carbocycles. The summed E-state index contributed by atoms with van der Waals surface area (Å²) in [5, 5.41) is 3.25. The van der Waals surface area contributed by atoms with Gasteiger partial charge in [0.2, 0.25) is 5.91 Å². The van der Waals surface area contributed by atoms with Gasteiger partial charge < -0.3 is 10.2 Å². The molecule has 1 rings (SSSR count). The second-order valence-electron chi connectivity index (χ2n) is 3.70. The Balaban J connectivity index is 2.51. The van der Waals surface area contributed by atoms with Crippen molar-refractivity contribution in [2.75, 3.05) is 19.6 Å². The molecule has 1 unspecified atom stereocenters. The topological polar surface area (TPSA) is 32.3 Å². The molecule has 1 saturated heterocycles. The summed E-state index contributed by atoms with van der Waals surface area (Å²) in [6, 6.07) is 0.408. The van der Waals surface area contributed by atoms with Crippen molar-refractivity contribution >= 4 is 5.91 Å². The average Bonchev–Trinajstić information content (AvgIpc) is 2.11. The van der Waals surface area contributed by atoms with Crippen LogP contribution in [-0.2, 0) is 4.79 Å². The van der Waals surface area contributed by atoms with Crippen LogP contribution in [-0.4, -0.2) is 36.5 Å². The molecule has 0 aromatic heterocycles. The van der Waals surface area contributed by atoms with Gasteiger partial charge in [0, 0.05) is 25.6 Å². The molecule has 1 fully saturated rings. The highest BCUT2D eigenvalue weighted by Crippen LogP contribution is 2.07. The molecule has 0 saturated carbocycles. The smallest absolute Gasteiger partial charge is 0.224 e. The molecule has 0 aromatic carbocycles. The number of carbonyl (C=O) groups excluding carboxylic acids is 1. The van der Waals surface area contributed by atoms with E-state index in [2.05, 4.69) is 19.2 Å². The fourth-order valence-corrected chi connectivity index (χ4v) is 1.65. The molecule has 76 valence electrons. The van der Waals surface area contributed by atoms with Gasteiger partial charge in [-0.05, 0) is 26.3 Å². The molecule has 0 spiro atoms. The lowest BCUT2D eigenvalue weighted by molar-refractivity contribution is -0.133. The van der Waals surface area contributed by atoms with Crippen LogP contribution in [0, 0.1) is 0 Å². The van der Waals surface area contributed by atoms with Crippen molar-refractivity contribution in [2.45, 2.75) is 39.2 Å². The number of nitrogens with one attached hydrogen (secondary N) is 1. The highest BCUT2D eigenvalue weighted by molar-refractivity contribution is 5.76. The van der Waals surface area contributed by atoms with Crippen LogP contribution in [0.25, 0.3) is 0 Å². The van der Waals surface area contributed by atoms with E-state index in [1.54, 1.807) is 0 Å². The fourth-order valence-electron chi connectivity index (χ4n) is 1.65. The standard InChI is InChI=1S/C10H20N2O/c1-3-9(2)12-8-4-6-11-7-5-10(12)13/h9,11H,3-8H2,1-2H3. The summed E-state index contributed by atoms with van der Waals surface area (Å²) in [6.45, 7) is 7.06. The highest BCUT2D eigenvalue weighted by Gasteiger charge is 2.18. The largest absolute Gasteiger partial charge is 0.340 e. The van der Waals surface area contributed by atoms with Gasteiger partial charge in [0.15, 0.2) is 0 Å². The van der Waals surface area contributed by atoms with E-state index in [0.717, 1.165) is 32.5 Å². The number of hydrogen-bond donors (Lipinski definition) is 1. The lowest BCUT2D eigenvalue weighted by Crippen LogP contribution is -2.43. The second kappa shape index (κ2) is 5.22. The van der Waals surface area contributed by atoms with E-state index in [9.17, 15) is 4.79 Å².